The largest absolute Gasteiger partial charge is 0.374 e. The third-order valence-corrected chi connectivity index (χ3v) is 6.30. The molecule has 4 aromatic heterocycles. The Bertz CT molecular complexity index is 1710. The van der Waals surface area contributed by atoms with E-state index in [2.05, 4.69) is 30.5 Å². The molecule has 1 atom stereocenters. The monoisotopic (exact) mass is 493 g/mol. The highest BCUT2D eigenvalue weighted by molar-refractivity contribution is 5.98. The molecule has 4 N–H and O–H groups in total. The van der Waals surface area contributed by atoms with Gasteiger partial charge in [-0.2, -0.15) is 5.10 Å². The van der Waals surface area contributed by atoms with Crippen molar-refractivity contribution in [1.29, 1.82) is 0 Å². The molecule has 1 unspecified atom stereocenters. The maximum atomic E-state index is 13.5. The van der Waals surface area contributed by atoms with Gasteiger partial charge in [0, 0.05) is 28.9 Å². The van der Waals surface area contributed by atoms with Crippen molar-refractivity contribution in [3.8, 4) is 33.8 Å². The molecule has 6 aromatic rings. The first-order valence-corrected chi connectivity index (χ1v) is 12.1. The number of aromatic nitrogens is 6. The number of rotatable bonds is 7. The Morgan fingerprint density at radius 1 is 0.919 bits per heavy atom. The van der Waals surface area contributed by atoms with Crippen LogP contribution in [0.3, 0.4) is 0 Å². The lowest BCUT2D eigenvalue weighted by molar-refractivity contribution is 0.192. The molecule has 4 heterocycles. The number of nitrogens with one attached hydrogen (secondary N) is 3. The molecule has 2 aromatic carbocycles. The first kappa shape index (κ1) is 22.8. The number of aliphatic hydroxyl groups excluding tert-OH is 1. The lowest BCUT2D eigenvalue weighted by Crippen LogP contribution is -2.18. The van der Waals surface area contributed by atoms with Gasteiger partial charge < -0.3 is 15.4 Å². The molecule has 0 saturated heterocycles. The predicted octanol–water partition coefficient (Wildman–Crippen LogP) is 5.90. The molecular weight excluding hydrogens is 469 g/mol. The maximum Gasteiger partial charge on any atom is 0.159 e. The van der Waals surface area contributed by atoms with E-state index >= 15 is 0 Å². The molecule has 0 amide bonds. The van der Waals surface area contributed by atoms with Crippen molar-refractivity contribution >= 4 is 27.6 Å². The summed E-state index contributed by atoms with van der Waals surface area (Å²) in [7, 11) is 0. The minimum atomic E-state index is -0.618. The molecule has 6 rings (SSSR count). The minimum Gasteiger partial charge on any atom is -0.374 e. The second kappa shape index (κ2) is 9.44. The summed E-state index contributed by atoms with van der Waals surface area (Å²) in [5.41, 5.74) is 7.31. The number of anilines is 1. The van der Waals surface area contributed by atoms with E-state index in [0.29, 0.717) is 17.9 Å². The fourth-order valence-corrected chi connectivity index (χ4v) is 4.47. The minimum absolute atomic E-state index is 0.293. The molecule has 0 bridgehead atoms. The van der Waals surface area contributed by atoms with Gasteiger partial charge in [0.2, 0.25) is 0 Å². The third-order valence-electron chi connectivity index (χ3n) is 6.30. The van der Waals surface area contributed by atoms with Crippen LogP contribution in [-0.4, -0.2) is 41.5 Å². The number of hydrogen-bond donors (Lipinski definition) is 4. The molecule has 37 heavy (non-hydrogen) atoms. The van der Waals surface area contributed by atoms with Gasteiger partial charge in [-0.25, -0.2) is 9.37 Å². The Morgan fingerprint density at radius 2 is 1.73 bits per heavy atom. The lowest BCUT2D eigenvalue weighted by Gasteiger charge is -2.13. The number of H-pyrrole nitrogens is 2. The summed E-state index contributed by atoms with van der Waals surface area (Å²) in [4.78, 5) is 16.9. The summed E-state index contributed by atoms with van der Waals surface area (Å²) in [5, 5.41) is 21.7. The Kier molecular flexibility index (Phi) is 5.82. The number of aliphatic hydroxyl groups is 1. The molecule has 0 fully saturated rings. The molecule has 184 valence electrons. The number of benzene rings is 2. The van der Waals surface area contributed by atoms with E-state index in [1.54, 1.807) is 36.9 Å². The van der Waals surface area contributed by atoms with Crippen molar-refractivity contribution < 1.29 is 9.50 Å². The van der Waals surface area contributed by atoms with Gasteiger partial charge in [0.25, 0.3) is 0 Å². The summed E-state index contributed by atoms with van der Waals surface area (Å²) in [6.45, 7) is 2.03. The number of imidazole rings is 1. The highest BCUT2D eigenvalue weighted by atomic mass is 19.1. The summed E-state index contributed by atoms with van der Waals surface area (Å²) >= 11 is 0. The number of hydrogen-bond acceptors (Lipinski definition) is 6. The number of aromatic amines is 2. The Hall–Kier alpha value is -4.63. The quantitative estimate of drug-likeness (QED) is 0.206. The molecule has 8 nitrogen and oxygen atoms in total. The number of fused-ring (bicyclic) bond motifs is 2. The fourth-order valence-electron chi connectivity index (χ4n) is 4.47. The van der Waals surface area contributed by atoms with Crippen LogP contribution < -0.4 is 5.32 Å². The standard InChI is InChI=1S/C28H24FN7O/c1-2-3-25(37)32-20-10-18(12-30-13-20)17-6-9-23-21(11-17)27(36-35-23)28-33-24-15-31-14-22(26(24)34-28)16-4-7-19(29)8-5-16/h4-15,25,32,37H,2-3H2,1H3,(H,33,34)(H,35,36). The smallest absolute Gasteiger partial charge is 0.159 e. The SMILES string of the molecule is CCCC(O)Nc1cncc(-c2ccc3[nH]nc(-c4nc5c(-c6ccc(F)cc6)cncc5[nH]4)c3c2)c1. The zero-order valence-electron chi connectivity index (χ0n) is 20.0. The van der Waals surface area contributed by atoms with Gasteiger partial charge in [-0.05, 0) is 47.9 Å². The van der Waals surface area contributed by atoms with Crippen LogP contribution in [0.5, 0.6) is 0 Å². The van der Waals surface area contributed by atoms with Gasteiger partial charge in [0.05, 0.1) is 34.6 Å². The van der Waals surface area contributed by atoms with Crippen LogP contribution in [-0.2, 0) is 0 Å². The molecule has 0 aliphatic carbocycles. The van der Waals surface area contributed by atoms with Crippen LogP contribution in [0, 0.1) is 5.82 Å². The van der Waals surface area contributed by atoms with E-state index in [1.807, 2.05) is 31.2 Å². The molecule has 0 spiro atoms. The van der Waals surface area contributed by atoms with E-state index in [4.69, 9.17) is 4.98 Å². The van der Waals surface area contributed by atoms with Gasteiger partial charge in [0.15, 0.2) is 5.82 Å². The summed E-state index contributed by atoms with van der Waals surface area (Å²) < 4.78 is 13.5. The molecule has 0 saturated carbocycles. The number of nitrogens with zero attached hydrogens (tertiary/aromatic N) is 4. The number of pyridine rings is 2. The predicted molar refractivity (Wildman–Crippen MR) is 142 cm³/mol. The van der Waals surface area contributed by atoms with Crippen LogP contribution in [0.2, 0.25) is 0 Å². The Labute approximate surface area is 211 Å². The van der Waals surface area contributed by atoms with Gasteiger partial charge in [-0.1, -0.05) is 31.5 Å². The summed E-state index contributed by atoms with van der Waals surface area (Å²) in [6, 6.07) is 14.3. The topological polar surface area (TPSA) is 115 Å². The van der Waals surface area contributed by atoms with E-state index < -0.39 is 6.23 Å². The molecule has 0 aliphatic heterocycles. The van der Waals surface area contributed by atoms with E-state index in [9.17, 15) is 9.50 Å². The van der Waals surface area contributed by atoms with Gasteiger partial charge in [-0.3, -0.25) is 15.1 Å². The van der Waals surface area contributed by atoms with E-state index in [-0.39, 0.29) is 5.82 Å². The normalized spacial score (nSPS) is 12.3. The van der Waals surface area contributed by atoms with Crippen molar-refractivity contribution in [2.45, 2.75) is 26.0 Å². The van der Waals surface area contributed by atoms with Gasteiger partial charge in [0.1, 0.15) is 17.7 Å². The Morgan fingerprint density at radius 3 is 2.57 bits per heavy atom. The average molecular weight is 494 g/mol. The average Bonchev–Trinajstić information content (AvgIpc) is 3.53. The van der Waals surface area contributed by atoms with Crippen LogP contribution in [0.4, 0.5) is 10.1 Å². The highest BCUT2D eigenvalue weighted by Crippen LogP contribution is 2.33. The van der Waals surface area contributed by atoms with Crippen LogP contribution in [0.25, 0.3) is 55.7 Å². The third kappa shape index (κ3) is 4.41. The molecular formula is C28H24FN7O. The van der Waals surface area contributed by atoms with Crippen LogP contribution in [0.1, 0.15) is 19.8 Å². The molecule has 9 heteroatoms. The second-order valence-electron chi connectivity index (χ2n) is 8.92. The van der Waals surface area contributed by atoms with Crippen LogP contribution >= 0.6 is 0 Å². The maximum absolute atomic E-state index is 13.5. The lowest BCUT2D eigenvalue weighted by atomic mass is 10.0. The second-order valence-corrected chi connectivity index (χ2v) is 8.92. The van der Waals surface area contributed by atoms with E-state index in [0.717, 1.165) is 56.3 Å². The molecule has 0 radical (unpaired) electrons. The van der Waals surface area contributed by atoms with Gasteiger partial charge >= 0.3 is 0 Å². The zero-order chi connectivity index (χ0) is 25.4. The first-order valence-electron chi connectivity index (χ1n) is 12.1. The Balaban J connectivity index is 1.39. The fraction of sp³-hybridized carbons (Fsp3) is 0.143. The number of halogens is 1. The van der Waals surface area contributed by atoms with Crippen molar-refractivity contribution in [2.75, 3.05) is 5.32 Å². The summed E-state index contributed by atoms with van der Waals surface area (Å²) in [6.07, 6.45) is 7.86. The first-order chi connectivity index (χ1) is 18.1. The zero-order valence-corrected chi connectivity index (χ0v) is 20.0. The van der Waals surface area contributed by atoms with Crippen molar-refractivity contribution in [3.05, 3.63) is 79.1 Å². The highest BCUT2D eigenvalue weighted by Gasteiger charge is 2.16. The van der Waals surface area contributed by atoms with Gasteiger partial charge in [-0.15, -0.1) is 0 Å². The summed E-state index contributed by atoms with van der Waals surface area (Å²) in [5.74, 6) is 0.310. The van der Waals surface area contributed by atoms with E-state index in [1.165, 1.54) is 12.1 Å². The van der Waals surface area contributed by atoms with Crippen molar-refractivity contribution in [2.24, 2.45) is 0 Å². The van der Waals surface area contributed by atoms with Crippen LogP contribution in [0.15, 0.2) is 73.3 Å². The molecule has 0 aliphatic rings. The van der Waals surface area contributed by atoms with Crippen molar-refractivity contribution in [3.63, 3.8) is 0 Å². The van der Waals surface area contributed by atoms with Crippen molar-refractivity contribution in [1.82, 2.24) is 30.1 Å².